The predicted octanol–water partition coefficient (Wildman–Crippen LogP) is 0.987. The van der Waals surface area contributed by atoms with E-state index in [0.29, 0.717) is 6.04 Å². The maximum absolute atomic E-state index is 12.0. The van der Waals surface area contributed by atoms with Gasteiger partial charge in [-0.25, -0.2) is 0 Å². The van der Waals surface area contributed by atoms with Crippen LogP contribution in [-0.2, 0) is 11.3 Å². The number of rotatable bonds is 4. The van der Waals surface area contributed by atoms with E-state index in [1.54, 1.807) is 0 Å². The van der Waals surface area contributed by atoms with Gasteiger partial charge in [-0.15, -0.1) is 0 Å². The lowest BCUT2D eigenvalue weighted by molar-refractivity contribution is -0.127. The van der Waals surface area contributed by atoms with Crippen molar-refractivity contribution in [3.63, 3.8) is 0 Å². The molecule has 1 unspecified atom stereocenters. The first-order valence-electron chi connectivity index (χ1n) is 7.58. The molecule has 1 aromatic rings. The Balaban J connectivity index is 1.49. The fraction of sp³-hybridized carbons (Fsp3) is 0.562. The van der Waals surface area contributed by atoms with Crippen LogP contribution < -0.4 is 10.6 Å². The third kappa shape index (κ3) is 3.38. The summed E-state index contributed by atoms with van der Waals surface area (Å²) in [6.07, 6.45) is 2.28. The summed E-state index contributed by atoms with van der Waals surface area (Å²) in [5, 5.41) is 6.37. The summed E-state index contributed by atoms with van der Waals surface area (Å²) in [6.45, 7) is 4.77. The van der Waals surface area contributed by atoms with Crippen LogP contribution in [0.25, 0.3) is 0 Å². The second kappa shape index (κ2) is 6.37. The Labute approximate surface area is 120 Å². The van der Waals surface area contributed by atoms with Crippen LogP contribution in [0, 0.1) is 5.92 Å². The van der Waals surface area contributed by atoms with Crippen LogP contribution in [0.15, 0.2) is 30.3 Å². The molecule has 2 fully saturated rings. The Kier molecular flexibility index (Phi) is 4.33. The highest BCUT2D eigenvalue weighted by molar-refractivity contribution is 5.80. The zero-order valence-electron chi connectivity index (χ0n) is 11.8. The van der Waals surface area contributed by atoms with Gasteiger partial charge in [0.15, 0.2) is 0 Å². The average Bonchev–Trinajstić information content (AvgIpc) is 2.38. The van der Waals surface area contributed by atoms with E-state index in [1.807, 2.05) is 0 Å². The Morgan fingerprint density at radius 2 is 2.10 bits per heavy atom. The Hall–Kier alpha value is -1.39. The van der Waals surface area contributed by atoms with Gasteiger partial charge in [-0.3, -0.25) is 9.69 Å². The minimum absolute atomic E-state index is 0.194. The number of carbonyl (C=O) groups is 1. The molecule has 2 aliphatic rings. The molecule has 4 nitrogen and oxygen atoms in total. The molecule has 2 N–H and O–H groups in total. The standard InChI is InChI=1S/C16H23N3O/c20-16(14-9-17-10-14)18-15-7-4-8-19(12-15)11-13-5-2-1-3-6-13/h1-3,5-6,14-15,17H,4,7-12H2,(H,18,20). The van der Waals surface area contributed by atoms with Crippen molar-refractivity contribution in [1.29, 1.82) is 0 Å². The number of carbonyl (C=O) groups excluding carboxylic acids is 1. The maximum atomic E-state index is 12.0. The first-order valence-corrected chi connectivity index (χ1v) is 7.58. The second-order valence-electron chi connectivity index (χ2n) is 5.92. The molecule has 0 saturated carbocycles. The van der Waals surface area contributed by atoms with Crippen molar-refractivity contribution >= 4 is 5.91 Å². The summed E-state index contributed by atoms with van der Waals surface area (Å²) in [7, 11) is 0. The number of benzene rings is 1. The van der Waals surface area contributed by atoms with E-state index in [2.05, 4.69) is 45.9 Å². The van der Waals surface area contributed by atoms with Gasteiger partial charge in [0.05, 0.1) is 5.92 Å². The number of piperidine rings is 1. The molecule has 1 aromatic carbocycles. The topological polar surface area (TPSA) is 44.4 Å². The molecule has 2 heterocycles. The smallest absolute Gasteiger partial charge is 0.225 e. The maximum Gasteiger partial charge on any atom is 0.225 e. The van der Waals surface area contributed by atoms with Gasteiger partial charge in [-0.1, -0.05) is 30.3 Å². The fourth-order valence-electron chi connectivity index (χ4n) is 2.95. The Bertz CT molecular complexity index is 444. The van der Waals surface area contributed by atoms with Gasteiger partial charge in [-0.05, 0) is 24.9 Å². The number of likely N-dealkylation sites (tertiary alicyclic amines) is 1. The zero-order chi connectivity index (χ0) is 13.8. The average molecular weight is 273 g/mol. The van der Waals surface area contributed by atoms with Gasteiger partial charge >= 0.3 is 0 Å². The van der Waals surface area contributed by atoms with Crippen LogP contribution in [0.2, 0.25) is 0 Å². The molecule has 108 valence electrons. The van der Waals surface area contributed by atoms with Crippen molar-refractivity contribution in [2.45, 2.75) is 25.4 Å². The van der Waals surface area contributed by atoms with Crippen LogP contribution in [0.1, 0.15) is 18.4 Å². The number of nitrogens with one attached hydrogen (secondary N) is 2. The number of hydrogen-bond donors (Lipinski definition) is 2. The molecule has 0 bridgehead atoms. The summed E-state index contributed by atoms with van der Waals surface area (Å²) in [6, 6.07) is 10.9. The largest absolute Gasteiger partial charge is 0.352 e. The first-order chi connectivity index (χ1) is 9.81. The highest BCUT2D eigenvalue weighted by atomic mass is 16.2. The molecule has 0 aliphatic carbocycles. The van der Waals surface area contributed by atoms with Gasteiger partial charge < -0.3 is 10.6 Å². The molecule has 1 amide bonds. The quantitative estimate of drug-likeness (QED) is 0.860. The van der Waals surface area contributed by atoms with Crippen molar-refractivity contribution < 1.29 is 4.79 Å². The normalized spacial score (nSPS) is 24.1. The summed E-state index contributed by atoms with van der Waals surface area (Å²) < 4.78 is 0. The molecular formula is C16H23N3O. The SMILES string of the molecule is O=C(NC1CCCN(Cc2ccccc2)C1)C1CNC1. The summed E-state index contributed by atoms with van der Waals surface area (Å²) in [5.41, 5.74) is 1.35. The van der Waals surface area contributed by atoms with Crippen molar-refractivity contribution in [3.8, 4) is 0 Å². The fourth-order valence-corrected chi connectivity index (χ4v) is 2.95. The van der Waals surface area contributed by atoms with Crippen molar-refractivity contribution in [3.05, 3.63) is 35.9 Å². The molecule has 2 saturated heterocycles. The minimum Gasteiger partial charge on any atom is -0.352 e. The Morgan fingerprint density at radius 3 is 2.80 bits per heavy atom. The number of amides is 1. The van der Waals surface area contributed by atoms with Crippen molar-refractivity contribution in [1.82, 2.24) is 15.5 Å². The van der Waals surface area contributed by atoms with Gasteiger partial charge in [0, 0.05) is 32.2 Å². The van der Waals surface area contributed by atoms with E-state index in [0.717, 1.165) is 39.1 Å². The van der Waals surface area contributed by atoms with Crippen molar-refractivity contribution in [2.75, 3.05) is 26.2 Å². The van der Waals surface area contributed by atoms with Crippen LogP contribution in [-0.4, -0.2) is 43.0 Å². The molecule has 0 spiro atoms. The highest BCUT2D eigenvalue weighted by Crippen LogP contribution is 2.14. The lowest BCUT2D eigenvalue weighted by atomic mass is 10.00. The third-order valence-electron chi connectivity index (χ3n) is 4.25. The van der Waals surface area contributed by atoms with Crippen molar-refractivity contribution in [2.24, 2.45) is 5.92 Å². The first kappa shape index (κ1) is 13.6. The predicted molar refractivity (Wildman–Crippen MR) is 79.2 cm³/mol. The lowest BCUT2D eigenvalue weighted by Crippen LogP contribution is -2.55. The molecule has 3 rings (SSSR count). The summed E-state index contributed by atoms with van der Waals surface area (Å²) >= 11 is 0. The lowest BCUT2D eigenvalue weighted by Gasteiger charge is -2.35. The minimum atomic E-state index is 0.194. The van der Waals surface area contributed by atoms with Gasteiger partial charge in [0.25, 0.3) is 0 Å². The van der Waals surface area contributed by atoms with E-state index in [4.69, 9.17) is 0 Å². The van der Waals surface area contributed by atoms with Crippen LogP contribution >= 0.6 is 0 Å². The second-order valence-corrected chi connectivity index (χ2v) is 5.92. The van der Waals surface area contributed by atoms with E-state index in [1.165, 1.54) is 12.0 Å². The zero-order valence-corrected chi connectivity index (χ0v) is 11.8. The van der Waals surface area contributed by atoms with Gasteiger partial charge in [0.2, 0.25) is 5.91 Å². The van der Waals surface area contributed by atoms with E-state index >= 15 is 0 Å². The number of nitrogens with zero attached hydrogens (tertiary/aromatic N) is 1. The van der Waals surface area contributed by atoms with E-state index in [9.17, 15) is 4.79 Å². The van der Waals surface area contributed by atoms with Crippen LogP contribution in [0.3, 0.4) is 0 Å². The third-order valence-corrected chi connectivity index (χ3v) is 4.25. The molecular weight excluding hydrogens is 250 g/mol. The highest BCUT2D eigenvalue weighted by Gasteiger charge is 2.28. The molecule has 1 atom stereocenters. The monoisotopic (exact) mass is 273 g/mol. The van der Waals surface area contributed by atoms with Gasteiger partial charge in [0.1, 0.15) is 0 Å². The van der Waals surface area contributed by atoms with E-state index in [-0.39, 0.29) is 11.8 Å². The molecule has 4 heteroatoms. The van der Waals surface area contributed by atoms with E-state index < -0.39 is 0 Å². The summed E-state index contributed by atoms with van der Waals surface area (Å²) in [5.74, 6) is 0.426. The van der Waals surface area contributed by atoms with Crippen LogP contribution in [0.5, 0.6) is 0 Å². The summed E-state index contributed by atoms with van der Waals surface area (Å²) in [4.78, 5) is 14.4. The van der Waals surface area contributed by atoms with Gasteiger partial charge in [-0.2, -0.15) is 0 Å². The molecule has 0 radical (unpaired) electrons. The van der Waals surface area contributed by atoms with Crippen LogP contribution in [0.4, 0.5) is 0 Å². The molecule has 2 aliphatic heterocycles. The number of hydrogen-bond acceptors (Lipinski definition) is 3. The molecule has 0 aromatic heterocycles. The molecule has 20 heavy (non-hydrogen) atoms. The Morgan fingerprint density at radius 1 is 1.30 bits per heavy atom.